The van der Waals surface area contributed by atoms with Gasteiger partial charge in [0.05, 0.1) is 0 Å². The monoisotopic (exact) mass is 280 g/mol. The summed E-state index contributed by atoms with van der Waals surface area (Å²) in [5.41, 5.74) is 1.19. The summed E-state index contributed by atoms with van der Waals surface area (Å²) in [7, 11) is 1.91. The fraction of sp³-hybridized carbons (Fsp3) is 0.714. The van der Waals surface area contributed by atoms with Crippen LogP contribution in [-0.4, -0.2) is 34.1 Å². The topological polar surface area (TPSA) is 49.8 Å². The summed E-state index contributed by atoms with van der Waals surface area (Å²) in [5, 5.41) is 7.58. The Kier molecular flexibility index (Phi) is 5.31. The Bertz CT molecular complexity index is 410. The number of hydrogen-bond acceptors (Lipinski definition) is 5. The van der Waals surface area contributed by atoms with E-state index in [1.807, 2.05) is 7.05 Å². The Balaban J connectivity index is 2.03. The maximum atomic E-state index is 4.42. The summed E-state index contributed by atoms with van der Waals surface area (Å²) in [6.07, 6.45) is 6.40. The van der Waals surface area contributed by atoms with Crippen molar-refractivity contribution in [2.24, 2.45) is 0 Å². The van der Waals surface area contributed by atoms with Crippen LogP contribution in [0.1, 0.15) is 38.7 Å². The van der Waals surface area contributed by atoms with E-state index in [1.165, 1.54) is 30.6 Å². The molecule has 2 atom stereocenters. The van der Waals surface area contributed by atoms with Crippen molar-refractivity contribution in [2.45, 2.75) is 50.8 Å². The first-order valence-corrected chi connectivity index (χ1v) is 8.23. The van der Waals surface area contributed by atoms with Crippen molar-refractivity contribution in [3.63, 3.8) is 0 Å². The molecule has 0 aliphatic heterocycles. The van der Waals surface area contributed by atoms with Gasteiger partial charge in [-0.1, -0.05) is 13.8 Å². The largest absolute Gasteiger partial charge is 0.373 e. The van der Waals surface area contributed by atoms with E-state index >= 15 is 0 Å². The number of nitrogens with zero attached hydrogens (tertiary/aromatic N) is 2. The van der Waals surface area contributed by atoms with Crippen LogP contribution in [0, 0.1) is 0 Å². The zero-order valence-corrected chi connectivity index (χ0v) is 12.9. The summed E-state index contributed by atoms with van der Waals surface area (Å²) in [4.78, 5) is 8.70. The Morgan fingerprint density at radius 3 is 2.74 bits per heavy atom. The lowest BCUT2D eigenvalue weighted by molar-refractivity contribution is 0.748. The molecule has 1 aliphatic carbocycles. The number of rotatable bonds is 6. The zero-order chi connectivity index (χ0) is 13.7. The van der Waals surface area contributed by atoms with Gasteiger partial charge in [0.1, 0.15) is 18.0 Å². The van der Waals surface area contributed by atoms with Crippen molar-refractivity contribution in [1.82, 2.24) is 9.97 Å². The zero-order valence-electron chi connectivity index (χ0n) is 12.1. The summed E-state index contributed by atoms with van der Waals surface area (Å²) in [6, 6.07) is 0.564. The SMILES string of the molecule is CCSC1CCC(Nc2ncnc(NC)c2CC)C1. The molecule has 0 radical (unpaired) electrons. The third-order valence-corrected chi connectivity index (χ3v) is 4.90. The first-order chi connectivity index (χ1) is 9.28. The van der Waals surface area contributed by atoms with Crippen LogP contribution in [0.5, 0.6) is 0 Å². The number of nitrogens with one attached hydrogen (secondary N) is 2. The van der Waals surface area contributed by atoms with E-state index in [2.05, 4.69) is 46.2 Å². The number of hydrogen-bond donors (Lipinski definition) is 2. The lowest BCUT2D eigenvalue weighted by Crippen LogP contribution is -2.19. The molecule has 0 saturated heterocycles. The summed E-state index contributed by atoms with van der Waals surface area (Å²) < 4.78 is 0. The van der Waals surface area contributed by atoms with Crippen molar-refractivity contribution in [3.8, 4) is 0 Å². The smallest absolute Gasteiger partial charge is 0.134 e. The molecule has 5 heteroatoms. The third kappa shape index (κ3) is 3.53. The Labute approximate surface area is 120 Å². The summed E-state index contributed by atoms with van der Waals surface area (Å²) in [6.45, 7) is 4.39. The number of anilines is 2. The molecule has 1 fully saturated rings. The molecular weight excluding hydrogens is 256 g/mol. The molecule has 106 valence electrons. The van der Waals surface area contributed by atoms with E-state index in [0.29, 0.717) is 6.04 Å². The van der Waals surface area contributed by atoms with E-state index < -0.39 is 0 Å². The van der Waals surface area contributed by atoms with Gasteiger partial charge in [0, 0.05) is 23.9 Å². The highest BCUT2D eigenvalue weighted by atomic mass is 32.2. The molecule has 2 rings (SSSR count). The molecule has 0 bridgehead atoms. The minimum atomic E-state index is 0.564. The molecule has 4 nitrogen and oxygen atoms in total. The lowest BCUT2D eigenvalue weighted by atomic mass is 10.2. The number of thioether (sulfide) groups is 1. The standard InChI is InChI=1S/C14H24N4S/c1-4-12-13(15-3)16-9-17-14(12)18-10-6-7-11(8-10)19-5-2/h9-11H,4-8H2,1-3H3,(H2,15,16,17,18). The molecule has 1 aromatic heterocycles. The van der Waals surface area contributed by atoms with E-state index in [0.717, 1.165) is 23.3 Å². The molecule has 2 N–H and O–H groups in total. The quantitative estimate of drug-likeness (QED) is 0.838. The van der Waals surface area contributed by atoms with Gasteiger partial charge in [0.25, 0.3) is 0 Å². The first-order valence-electron chi connectivity index (χ1n) is 7.18. The second-order valence-corrected chi connectivity index (χ2v) is 6.46. The van der Waals surface area contributed by atoms with Gasteiger partial charge < -0.3 is 10.6 Å². The summed E-state index contributed by atoms with van der Waals surface area (Å²) >= 11 is 2.09. The van der Waals surface area contributed by atoms with E-state index in [4.69, 9.17) is 0 Å². The van der Waals surface area contributed by atoms with Crippen molar-refractivity contribution >= 4 is 23.4 Å². The first kappa shape index (κ1) is 14.4. The molecule has 1 saturated carbocycles. The van der Waals surface area contributed by atoms with Crippen molar-refractivity contribution < 1.29 is 0 Å². The predicted octanol–water partition coefficient (Wildman–Crippen LogP) is 3.17. The summed E-state index contributed by atoms with van der Waals surface area (Å²) in [5.74, 6) is 3.17. The molecule has 1 heterocycles. The average molecular weight is 280 g/mol. The molecule has 0 aromatic carbocycles. The maximum absolute atomic E-state index is 4.42. The van der Waals surface area contributed by atoms with Gasteiger partial charge in [-0.15, -0.1) is 0 Å². The van der Waals surface area contributed by atoms with Gasteiger partial charge in [0.15, 0.2) is 0 Å². The normalized spacial score (nSPS) is 22.5. The average Bonchev–Trinajstić information content (AvgIpc) is 2.86. The van der Waals surface area contributed by atoms with Gasteiger partial charge >= 0.3 is 0 Å². The van der Waals surface area contributed by atoms with Gasteiger partial charge in [0.2, 0.25) is 0 Å². The van der Waals surface area contributed by atoms with Crippen molar-refractivity contribution in [3.05, 3.63) is 11.9 Å². The fourth-order valence-electron chi connectivity index (χ4n) is 2.74. The highest BCUT2D eigenvalue weighted by molar-refractivity contribution is 7.99. The van der Waals surface area contributed by atoms with E-state index in [-0.39, 0.29) is 0 Å². The second kappa shape index (κ2) is 6.98. The van der Waals surface area contributed by atoms with Crippen molar-refractivity contribution in [1.29, 1.82) is 0 Å². The minimum absolute atomic E-state index is 0.564. The van der Waals surface area contributed by atoms with Crippen LogP contribution in [-0.2, 0) is 6.42 Å². The third-order valence-electron chi connectivity index (χ3n) is 3.66. The highest BCUT2D eigenvalue weighted by Crippen LogP contribution is 2.32. The minimum Gasteiger partial charge on any atom is -0.373 e. The highest BCUT2D eigenvalue weighted by Gasteiger charge is 2.25. The van der Waals surface area contributed by atoms with Gasteiger partial charge in [-0.25, -0.2) is 9.97 Å². The molecule has 19 heavy (non-hydrogen) atoms. The Morgan fingerprint density at radius 2 is 2.05 bits per heavy atom. The van der Waals surface area contributed by atoms with Crippen LogP contribution < -0.4 is 10.6 Å². The molecule has 0 amide bonds. The van der Waals surface area contributed by atoms with E-state index in [9.17, 15) is 0 Å². The van der Waals surface area contributed by atoms with Gasteiger partial charge in [-0.2, -0.15) is 11.8 Å². The fourth-order valence-corrected chi connectivity index (χ4v) is 3.88. The molecular formula is C14H24N4S. The van der Waals surface area contributed by atoms with Crippen LogP contribution in [0.4, 0.5) is 11.6 Å². The lowest BCUT2D eigenvalue weighted by Gasteiger charge is -2.17. The molecule has 1 aromatic rings. The molecule has 0 spiro atoms. The molecule has 1 aliphatic rings. The Hall–Kier alpha value is -0.970. The van der Waals surface area contributed by atoms with Gasteiger partial charge in [-0.05, 0) is 31.4 Å². The molecule has 2 unspecified atom stereocenters. The number of aromatic nitrogens is 2. The van der Waals surface area contributed by atoms with Crippen LogP contribution in [0.2, 0.25) is 0 Å². The van der Waals surface area contributed by atoms with Crippen LogP contribution in [0.3, 0.4) is 0 Å². The maximum Gasteiger partial charge on any atom is 0.134 e. The second-order valence-electron chi connectivity index (χ2n) is 4.88. The van der Waals surface area contributed by atoms with Gasteiger partial charge in [-0.3, -0.25) is 0 Å². The van der Waals surface area contributed by atoms with Crippen LogP contribution in [0.15, 0.2) is 6.33 Å². The van der Waals surface area contributed by atoms with Crippen LogP contribution in [0.25, 0.3) is 0 Å². The predicted molar refractivity (Wildman–Crippen MR) is 84.1 cm³/mol. The van der Waals surface area contributed by atoms with Crippen molar-refractivity contribution in [2.75, 3.05) is 23.4 Å². The van der Waals surface area contributed by atoms with E-state index in [1.54, 1.807) is 6.33 Å². The van der Waals surface area contributed by atoms with Crippen LogP contribution >= 0.6 is 11.8 Å². The Morgan fingerprint density at radius 1 is 1.26 bits per heavy atom.